The van der Waals surface area contributed by atoms with Crippen molar-refractivity contribution in [1.82, 2.24) is 0 Å². The van der Waals surface area contributed by atoms with Crippen LogP contribution in [0.1, 0.15) is 81.1 Å². The lowest BCUT2D eigenvalue weighted by Gasteiger charge is -2.38. The van der Waals surface area contributed by atoms with Crippen LogP contribution in [0.25, 0.3) is 0 Å². The van der Waals surface area contributed by atoms with Crippen molar-refractivity contribution in [3.8, 4) is 0 Å². The van der Waals surface area contributed by atoms with Gasteiger partial charge in [0.1, 0.15) is 0 Å². The van der Waals surface area contributed by atoms with Gasteiger partial charge in [0.2, 0.25) is 0 Å². The summed E-state index contributed by atoms with van der Waals surface area (Å²) in [6.45, 7) is 18.8. The number of hydrogen-bond donors (Lipinski definition) is 0. The summed E-state index contributed by atoms with van der Waals surface area (Å²) in [7, 11) is 0. The SMILES string of the molecule is CC(COC1CC(C)CCC1C(C)C)CC(C)OC(C)(C)C. The van der Waals surface area contributed by atoms with Crippen molar-refractivity contribution in [2.24, 2.45) is 23.7 Å². The van der Waals surface area contributed by atoms with E-state index in [1.807, 2.05) is 0 Å². The van der Waals surface area contributed by atoms with Crippen molar-refractivity contribution in [3.63, 3.8) is 0 Å². The van der Waals surface area contributed by atoms with Crippen molar-refractivity contribution in [2.45, 2.75) is 98.9 Å². The lowest BCUT2D eigenvalue weighted by molar-refractivity contribution is -0.0780. The molecule has 0 N–H and O–H groups in total. The van der Waals surface area contributed by atoms with E-state index in [-0.39, 0.29) is 5.60 Å². The third-order valence-electron chi connectivity index (χ3n) is 4.85. The van der Waals surface area contributed by atoms with E-state index in [0.717, 1.165) is 30.8 Å². The Morgan fingerprint density at radius 2 is 1.68 bits per heavy atom. The summed E-state index contributed by atoms with van der Waals surface area (Å²) in [6.07, 6.45) is 5.78. The first-order chi connectivity index (χ1) is 10.1. The molecule has 0 aromatic rings. The second-order valence-corrected chi connectivity index (χ2v) is 9.08. The summed E-state index contributed by atoms with van der Waals surface area (Å²) in [5.41, 5.74) is -0.0540. The Kier molecular flexibility index (Phi) is 7.88. The van der Waals surface area contributed by atoms with E-state index in [4.69, 9.17) is 9.47 Å². The van der Waals surface area contributed by atoms with Gasteiger partial charge in [-0.05, 0) is 70.6 Å². The van der Waals surface area contributed by atoms with Crippen molar-refractivity contribution >= 4 is 0 Å². The van der Waals surface area contributed by atoms with E-state index in [0.29, 0.717) is 18.1 Å². The molecule has 1 fully saturated rings. The molecule has 1 saturated carbocycles. The van der Waals surface area contributed by atoms with Crippen LogP contribution in [0.2, 0.25) is 0 Å². The number of ether oxygens (including phenoxy) is 2. The van der Waals surface area contributed by atoms with Crippen LogP contribution in [0.3, 0.4) is 0 Å². The topological polar surface area (TPSA) is 18.5 Å². The molecule has 0 spiro atoms. The van der Waals surface area contributed by atoms with Crippen molar-refractivity contribution < 1.29 is 9.47 Å². The van der Waals surface area contributed by atoms with Gasteiger partial charge in [0.05, 0.1) is 17.8 Å². The van der Waals surface area contributed by atoms with Crippen LogP contribution in [0.4, 0.5) is 0 Å². The smallest absolute Gasteiger partial charge is 0.0608 e. The normalized spacial score (nSPS) is 29.6. The number of rotatable bonds is 7. The van der Waals surface area contributed by atoms with Gasteiger partial charge in [0.25, 0.3) is 0 Å². The fraction of sp³-hybridized carbons (Fsp3) is 1.00. The summed E-state index contributed by atoms with van der Waals surface area (Å²) in [4.78, 5) is 0. The molecule has 0 heterocycles. The van der Waals surface area contributed by atoms with Crippen molar-refractivity contribution in [3.05, 3.63) is 0 Å². The molecule has 132 valence electrons. The van der Waals surface area contributed by atoms with Crippen LogP contribution in [0, 0.1) is 23.7 Å². The molecule has 2 heteroatoms. The summed E-state index contributed by atoms with van der Waals surface area (Å²) in [5.74, 6) is 2.85. The van der Waals surface area contributed by atoms with Gasteiger partial charge in [-0.2, -0.15) is 0 Å². The maximum absolute atomic E-state index is 6.36. The lowest BCUT2D eigenvalue weighted by Crippen LogP contribution is -2.35. The first-order valence-corrected chi connectivity index (χ1v) is 9.38. The molecule has 0 radical (unpaired) electrons. The molecule has 0 saturated heterocycles. The fourth-order valence-corrected chi connectivity index (χ4v) is 3.88. The molecular formula is C20H40O2. The average Bonchev–Trinajstić information content (AvgIpc) is 2.33. The molecule has 1 aliphatic carbocycles. The Morgan fingerprint density at radius 3 is 2.23 bits per heavy atom. The summed E-state index contributed by atoms with van der Waals surface area (Å²) < 4.78 is 12.4. The Balaban J connectivity index is 2.39. The highest BCUT2D eigenvalue weighted by Gasteiger charge is 2.31. The maximum Gasteiger partial charge on any atom is 0.0608 e. The molecule has 2 nitrogen and oxygen atoms in total. The van der Waals surface area contributed by atoms with Crippen LogP contribution in [0.5, 0.6) is 0 Å². The summed E-state index contributed by atoms with van der Waals surface area (Å²) >= 11 is 0. The third kappa shape index (κ3) is 7.46. The van der Waals surface area contributed by atoms with Gasteiger partial charge in [-0.3, -0.25) is 0 Å². The van der Waals surface area contributed by atoms with Gasteiger partial charge in [0, 0.05) is 6.61 Å². The molecule has 5 unspecified atom stereocenters. The molecule has 1 aliphatic rings. The Labute approximate surface area is 139 Å². The van der Waals surface area contributed by atoms with Crippen LogP contribution >= 0.6 is 0 Å². The van der Waals surface area contributed by atoms with Crippen LogP contribution in [-0.4, -0.2) is 24.4 Å². The highest BCUT2D eigenvalue weighted by atomic mass is 16.5. The van der Waals surface area contributed by atoms with Gasteiger partial charge >= 0.3 is 0 Å². The second-order valence-electron chi connectivity index (χ2n) is 9.08. The zero-order valence-electron chi connectivity index (χ0n) is 16.3. The highest BCUT2D eigenvalue weighted by molar-refractivity contribution is 4.81. The largest absolute Gasteiger partial charge is 0.378 e. The number of hydrogen-bond acceptors (Lipinski definition) is 2. The molecule has 5 atom stereocenters. The fourth-order valence-electron chi connectivity index (χ4n) is 3.88. The minimum Gasteiger partial charge on any atom is -0.378 e. The quantitative estimate of drug-likeness (QED) is 0.601. The highest BCUT2D eigenvalue weighted by Crippen LogP contribution is 2.35. The molecule has 0 amide bonds. The lowest BCUT2D eigenvalue weighted by atomic mass is 9.75. The van der Waals surface area contributed by atoms with Crippen LogP contribution in [0.15, 0.2) is 0 Å². The van der Waals surface area contributed by atoms with E-state index >= 15 is 0 Å². The zero-order valence-corrected chi connectivity index (χ0v) is 16.3. The summed E-state index contributed by atoms with van der Waals surface area (Å²) in [5, 5.41) is 0. The maximum atomic E-state index is 6.36. The second kappa shape index (κ2) is 8.68. The third-order valence-corrected chi connectivity index (χ3v) is 4.85. The molecule has 0 bridgehead atoms. The molecule has 0 aliphatic heterocycles. The monoisotopic (exact) mass is 312 g/mol. The molecular weight excluding hydrogens is 272 g/mol. The predicted molar refractivity (Wildman–Crippen MR) is 95.2 cm³/mol. The average molecular weight is 313 g/mol. The van der Waals surface area contributed by atoms with Gasteiger partial charge in [0.15, 0.2) is 0 Å². The van der Waals surface area contributed by atoms with Gasteiger partial charge in [-0.15, -0.1) is 0 Å². The van der Waals surface area contributed by atoms with Crippen LogP contribution < -0.4 is 0 Å². The van der Waals surface area contributed by atoms with Gasteiger partial charge < -0.3 is 9.47 Å². The first-order valence-electron chi connectivity index (χ1n) is 9.38. The molecule has 22 heavy (non-hydrogen) atoms. The van der Waals surface area contributed by atoms with E-state index in [9.17, 15) is 0 Å². The van der Waals surface area contributed by atoms with Crippen molar-refractivity contribution in [2.75, 3.05) is 6.61 Å². The Morgan fingerprint density at radius 1 is 1.05 bits per heavy atom. The minimum atomic E-state index is -0.0540. The predicted octanol–water partition coefficient (Wildman–Crippen LogP) is 5.69. The van der Waals surface area contributed by atoms with Gasteiger partial charge in [-0.25, -0.2) is 0 Å². The van der Waals surface area contributed by atoms with Crippen LogP contribution in [-0.2, 0) is 9.47 Å². The van der Waals surface area contributed by atoms with E-state index in [1.165, 1.54) is 19.3 Å². The molecule has 1 rings (SSSR count). The Bertz CT molecular complexity index is 305. The van der Waals surface area contributed by atoms with E-state index < -0.39 is 0 Å². The Hall–Kier alpha value is -0.0800. The standard InChI is InChI=1S/C20H40O2/c1-14(2)18-10-9-15(3)12-19(18)21-13-16(4)11-17(5)22-20(6,7)8/h14-19H,9-13H2,1-8H3. The summed E-state index contributed by atoms with van der Waals surface area (Å²) in [6, 6.07) is 0. The van der Waals surface area contributed by atoms with Crippen molar-refractivity contribution in [1.29, 1.82) is 0 Å². The van der Waals surface area contributed by atoms with E-state index in [1.54, 1.807) is 0 Å². The van der Waals surface area contributed by atoms with E-state index in [2.05, 4.69) is 55.4 Å². The zero-order chi connectivity index (χ0) is 16.9. The molecule has 0 aromatic carbocycles. The van der Waals surface area contributed by atoms with Gasteiger partial charge in [-0.1, -0.05) is 34.1 Å². The minimum absolute atomic E-state index is 0.0540. The molecule has 0 aromatic heterocycles. The first kappa shape index (κ1) is 20.0.